The van der Waals surface area contributed by atoms with Gasteiger partial charge in [0.05, 0.1) is 31.8 Å². The molecular weight excluding hydrogens is 342 g/mol. The zero-order chi connectivity index (χ0) is 18.5. The summed E-state index contributed by atoms with van der Waals surface area (Å²) in [6.45, 7) is 1.40. The average Bonchev–Trinajstić information content (AvgIpc) is 3.22. The Kier molecular flexibility index (Phi) is 4.09. The minimum Gasteiger partial charge on any atom is -0.472 e. The summed E-state index contributed by atoms with van der Waals surface area (Å²) in [5.74, 6) is -1.46. The zero-order valence-electron chi connectivity index (χ0n) is 14.5. The number of amides is 2. The number of ether oxygens (including phenoxy) is 1. The molecule has 140 valence electrons. The molecule has 26 heavy (non-hydrogen) atoms. The lowest BCUT2D eigenvalue weighted by Crippen LogP contribution is -2.81. The molecule has 2 atom stereocenters. The van der Waals surface area contributed by atoms with Crippen molar-refractivity contribution in [3.05, 3.63) is 24.2 Å². The maximum Gasteiger partial charge on any atom is 0.325 e. The zero-order valence-corrected chi connectivity index (χ0v) is 14.5. The summed E-state index contributed by atoms with van der Waals surface area (Å²) >= 11 is 0. The van der Waals surface area contributed by atoms with Crippen LogP contribution < -0.4 is 0 Å². The minimum absolute atomic E-state index is 0.271. The van der Waals surface area contributed by atoms with Crippen molar-refractivity contribution in [2.24, 2.45) is 0 Å². The Morgan fingerprint density at radius 3 is 2.85 bits per heavy atom. The van der Waals surface area contributed by atoms with Crippen LogP contribution in [0.15, 0.2) is 23.0 Å². The average molecular weight is 363 g/mol. The van der Waals surface area contributed by atoms with E-state index in [0.717, 1.165) is 10.5 Å². The van der Waals surface area contributed by atoms with Gasteiger partial charge in [-0.15, -0.1) is 0 Å². The Morgan fingerprint density at radius 2 is 2.19 bits per heavy atom. The number of rotatable bonds is 4. The van der Waals surface area contributed by atoms with E-state index < -0.39 is 36.1 Å². The van der Waals surface area contributed by atoms with Gasteiger partial charge in [-0.05, 0) is 12.5 Å². The van der Waals surface area contributed by atoms with Crippen molar-refractivity contribution in [1.29, 1.82) is 0 Å². The number of hydrogen-bond acceptors (Lipinski definition) is 8. The number of β-amino-alcohol motifs (C(OH)–C–C–N with tert-alkyl or cyclic N) is 1. The molecule has 4 rings (SSSR count). The van der Waals surface area contributed by atoms with Gasteiger partial charge >= 0.3 is 5.97 Å². The molecule has 4 heterocycles. The van der Waals surface area contributed by atoms with Crippen LogP contribution in [0.3, 0.4) is 0 Å². The highest BCUT2D eigenvalue weighted by Gasteiger charge is 2.64. The number of piperazine rings is 1. The SMILES string of the molecule is COC(=O)CN1C(=O)C2CC(O)CN2C2(CN(Cc3ccoc3)C2)C1=O. The van der Waals surface area contributed by atoms with Gasteiger partial charge in [-0.1, -0.05) is 0 Å². The molecule has 0 saturated carbocycles. The number of carbonyl (C=O) groups is 3. The first-order valence-electron chi connectivity index (χ1n) is 8.55. The predicted molar refractivity (Wildman–Crippen MR) is 86.6 cm³/mol. The van der Waals surface area contributed by atoms with E-state index in [4.69, 9.17) is 4.42 Å². The number of aliphatic hydroxyl groups is 1. The second kappa shape index (κ2) is 6.19. The fraction of sp³-hybridized carbons (Fsp3) is 0.588. The first-order chi connectivity index (χ1) is 12.4. The maximum absolute atomic E-state index is 13.1. The molecule has 1 spiro atoms. The van der Waals surface area contributed by atoms with E-state index in [1.165, 1.54) is 7.11 Å². The third-order valence-electron chi connectivity index (χ3n) is 5.49. The van der Waals surface area contributed by atoms with E-state index in [-0.39, 0.29) is 18.9 Å². The van der Waals surface area contributed by atoms with Crippen molar-refractivity contribution in [1.82, 2.24) is 14.7 Å². The molecule has 0 aliphatic carbocycles. The van der Waals surface area contributed by atoms with Crippen molar-refractivity contribution in [3.8, 4) is 0 Å². The van der Waals surface area contributed by atoms with Gasteiger partial charge in [0.15, 0.2) is 0 Å². The number of carbonyl (C=O) groups excluding carboxylic acids is 3. The number of nitrogens with zero attached hydrogens (tertiary/aromatic N) is 3. The third-order valence-corrected chi connectivity index (χ3v) is 5.49. The molecule has 2 unspecified atom stereocenters. The molecular formula is C17H21N3O6. The van der Waals surface area contributed by atoms with Crippen LogP contribution in [0.1, 0.15) is 12.0 Å². The number of likely N-dealkylation sites (tertiary alicyclic amines) is 1. The number of esters is 1. The quantitative estimate of drug-likeness (QED) is 0.526. The Labute approximate surface area is 150 Å². The molecule has 0 radical (unpaired) electrons. The Hall–Kier alpha value is -2.23. The maximum atomic E-state index is 13.1. The number of aliphatic hydroxyl groups excluding tert-OH is 1. The minimum atomic E-state index is -0.881. The van der Waals surface area contributed by atoms with E-state index in [1.54, 1.807) is 12.5 Å². The second-order valence-corrected chi connectivity index (χ2v) is 7.17. The fourth-order valence-corrected chi connectivity index (χ4v) is 4.28. The smallest absolute Gasteiger partial charge is 0.325 e. The fourth-order valence-electron chi connectivity index (χ4n) is 4.28. The first kappa shape index (κ1) is 17.2. The highest BCUT2D eigenvalue weighted by Crippen LogP contribution is 2.40. The summed E-state index contributed by atoms with van der Waals surface area (Å²) in [6, 6.07) is 1.28. The van der Waals surface area contributed by atoms with Crippen LogP contribution in [0.25, 0.3) is 0 Å². The standard InChI is InChI=1S/C17H21N3O6/c1-25-14(22)7-19-15(23)13-4-12(21)6-20(13)17(16(19)24)9-18(10-17)5-11-2-3-26-8-11/h2-3,8,12-13,21H,4-7,9-10H2,1H3. The third kappa shape index (κ3) is 2.54. The van der Waals surface area contributed by atoms with E-state index in [1.807, 2.05) is 11.0 Å². The van der Waals surface area contributed by atoms with Crippen LogP contribution in [-0.2, 0) is 25.7 Å². The molecule has 0 aromatic carbocycles. The van der Waals surface area contributed by atoms with E-state index in [2.05, 4.69) is 9.64 Å². The van der Waals surface area contributed by atoms with Crippen LogP contribution in [0, 0.1) is 0 Å². The molecule has 9 heteroatoms. The van der Waals surface area contributed by atoms with Crippen molar-refractivity contribution in [2.75, 3.05) is 33.3 Å². The molecule has 1 aromatic rings. The Balaban J connectivity index is 1.57. The first-order valence-corrected chi connectivity index (χ1v) is 8.55. The molecule has 9 nitrogen and oxygen atoms in total. The molecule has 1 aromatic heterocycles. The molecule has 3 saturated heterocycles. The number of methoxy groups -OCH3 is 1. The van der Waals surface area contributed by atoms with Crippen molar-refractivity contribution < 1.29 is 28.6 Å². The Morgan fingerprint density at radius 1 is 1.42 bits per heavy atom. The number of fused-ring (bicyclic) bond motifs is 2. The molecule has 3 aliphatic heterocycles. The topological polar surface area (TPSA) is 104 Å². The van der Waals surface area contributed by atoms with Gasteiger partial charge in [-0.2, -0.15) is 0 Å². The molecule has 0 bridgehead atoms. The van der Waals surface area contributed by atoms with Gasteiger partial charge in [-0.3, -0.25) is 29.1 Å². The van der Waals surface area contributed by atoms with E-state index in [9.17, 15) is 19.5 Å². The number of imide groups is 1. The van der Waals surface area contributed by atoms with Crippen molar-refractivity contribution in [2.45, 2.75) is 30.7 Å². The molecule has 3 fully saturated rings. The molecule has 3 aliphatic rings. The van der Waals surface area contributed by atoms with Gasteiger partial charge in [0.25, 0.3) is 5.91 Å². The lowest BCUT2D eigenvalue weighted by molar-refractivity contribution is -0.183. The van der Waals surface area contributed by atoms with Gasteiger partial charge < -0.3 is 14.3 Å². The van der Waals surface area contributed by atoms with Crippen LogP contribution in [0.5, 0.6) is 0 Å². The summed E-state index contributed by atoms with van der Waals surface area (Å²) < 4.78 is 9.70. The van der Waals surface area contributed by atoms with Crippen LogP contribution in [0.2, 0.25) is 0 Å². The van der Waals surface area contributed by atoms with Crippen LogP contribution in [0.4, 0.5) is 0 Å². The normalized spacial score (nSPS) is 28.3. The number of furan rings is 1. The summed E-state index contributed by atoms with van der Waals surface area (Å²) in [5, 5.41) is 10.1. The Bertz CT molecular complexity index is 727. The van der Waals surface area contributed by atoms with Gasteiger partial charge in [-0.25, -0.2) is 0 Å². The monoisotopic (exact) mass is 363 g/mol. The largest absolute Gasteiger partial charge is 0.472 e. The lowest BCUT2D eigenvalue weighted by Gasteiger charge is -2.58. The van der Waals surface area contributed by atoms with Gasteiger partial charge in [0.1, 0.15) is 12.1 Å². The molecule has 1 N–H and O–H groups in total. The second-order valence-electron chi connectivity index (χ2n) is 7.17. The highest BCUT2D eigenvalue weighted by molar-refractivity contribution is 6.07. The predicted octanol–water partition coefficient (Wildman–Crippen LogP) is -1.19. The summed E-state index contributed by atoms with van der Waals surface area (Å²) in [5.41, 5.74) is 0.122. The summed E-state index contributed by atoms with van der Waals surface area (Å²) in [6.07, 6.45) is 2.87. The van der Waals surface area contributed by atoms with E-state index in [0.29, 0.717) is 19.6 Å². The molecule has 2 amide bonds. The summed E-state index contributed by atoms with van der Waals surface area (Å²) in [7, 11) is 1.22. The number of hydrogen-bond donors (Lipinski definition) is 1. The van der Waals surface area contributed by atoms with Crippen molar-refractivity contribution in [3.63, 3.8) is 0 Å². The highest BCUT2D eigenvalue weighted by atomic mass is 16.5. The van der Waals surface area contributed by atoms with E-state index >= 15 is 0 Å². The lowest BCUT2D eigenvalue weighted by atomic mass is 9.82. The van der Waals surface area contributed by atoms with Gasteiger partial charge in [0, 0.05) is 31.7 Å². The van der Waals surface area contributed by atoms with Gasteiger partial charge in [0.2, 0.25) is 5.91 Å². The van der Waals surface area contributed by atoms with Crippen LogP contribution >= 0.6 is 0 Å². The summed E-state index contributed by atoms with van der Waals surface area (Å²) in [4.78, 5) is 42.4. The van der Waals surface area contributed by atoms with Crippen LogP contribution in [-0.4, -0.2) is 88.6 Å². The van der Waals surface area contributed by atoms with Crippen molar-refractivity contribution >= 4 is 17.8 Å².